The zero-order valence-corrected chi connectivity index (χ0v) is 20.4. The Labute approximate surface area is 214 Å². The third-order valence-electron chi connectivity index (χ3n) is 5.48. The Hall–Kier alpha value is -5.04. The lowest BCUT2D eigenvalue weighted by Gasteiger charge is -2.10. The third kappa shape index (κ3) is 6.55. The lowest BCUT2D eigenvalue weighted by Crippen LogP contribution is -2.21. The second-order valence-corrected chi connectivity index (χ2v) is 8.36. The number of carbonyl (C=O) groups is 3. The molecule has 37 heavy (non-hydrogen) atoms. The van der Waals surface area contributed by atoms with Crippen molar-refractivity contribution >= 4 is 29.7 Å². The van der Waals surface area contributed by atoms with Crippen LogP contribution in [0.1, 0.15) is 47.8 Å². The van der Waals surface area contributed by atoms with E-state index in [2.05, 4.69) is 15.8 Å². The molecule has 0 aliphatic heterocycles. The van der Waals surface area contributed by atoms with Crippen molar-refractivity contribution in [1.82, 2.24) is 5.43 Å². The van der Waals surface area contributed by atoms with Gasteiger partial charge in [-0.3, -0.25) is 9.59 Å². The summed E-state index contributed by atoms with van der Waals surface area (Å²) in [4.78, 5) is 38.0. The standard InChI is InChI=1S/C30H25N3O4/c1-20-14-16-22(17-15-20)30(36)37-27-13-6-3-9-24(27)19-31-33-29(35)25-11-4-5-12-26(25)32-28(34)23-10-7-8-21(2)18-23/h3-19H,1-2H3,(H,32,34)(H,33,35)/b31-19-. The highest BCUT2D eigenvalue weighted by Crippen LogP contribution is 2.19. The molecule has 2 amide bonds. The molecule has 0 heterocycles. The fraction of sp³-hybridized carbons (Fsp3) is 0.0667. The summed E-state index contributed by atoms with van der Waals surface area (Å²) < 4.78 is 5.54. The number of para-hydroxylation sites is 2. The number of ether oxygens (including phenoxy) is 1. The van der Waals surface area contributed by atoms with Crippen molar-refractivity contribution < 1.29 is 19.1 Å². The lowest BCUT2D eigenvalue weighted by atomic mass is 10.1. The topological polar surface area (TPSA) is 96.9 Å². The van der Waals surface area contributed by atoms with Crippen molar-refractivity contribution in [3.05, 3.63) is 130 Å². The van der Waals surface area contributed by atoms with E-state index in [4.69, 9.17) is 4.74 Å². The first kappa shape index (κ1) is 25.1. The molecule has 4 aromatic carbocycles. The van der Waals surface area contributed by atoms with Gasteiger partial charge >= 0.3 is 5.97 Å². The molecule has 4 aromatic rings. The van der Waals surface area contributed by atoms with Crippen molar-refractivity contribution in [2.75, 3.05) is 5.32 Å². The van der Waals surface area contributed by atoms with E-state index >= 15 is 0 Å². The van der Waals surface area contributed by atoms with Crippen LogP contribution in [0.15, 0.2) is 102 Å². The predicted molar refractivity (Wildman–Crippen MR) is 143 cm³/mol. The molecule has 2 N–H and O–H groups in total. The largest absolute Gasteiger partial charge is 0.422 e. The number of benzene rings is 4. The minimum absolute atomic E-state index is 0.250. The first-order valence-electron chi connectivity index (χ1n) is 11.6. The van der Waals surface area contributed by atoms with Gasteiger partial charge in [0.1, 0.15) is 5.75 Å². The number of nitrogens with zero attached hydrogens (tertiary/aromatic N) is 1. The predicted octanol–water partition coefficient (Wildman–Crippen LogP) is 5.54. The van der Waals surface area contributed by atoms with E-state index in [1.54, 1.807) is 78.9 Å². The first-order valence-corrected chi connectivity index (χ1v) is 11.6. The Balaban J connectivity index is 1.44. The van der Waals surface area contributed by atoms with E-state index in [-0.39, 0.29) is 11.5 Å². The van der Waals surface area contributed by atoms with Crippen LogP contribution >= 0.6 is 0 Å². The van der Waals surface area contributed by atoms with Crippen LogP contribution in [0, 0.1) is 13.8 Å². The van der Waals surface area contributed by atoms with Crippen molar-refractivity contribution in [2.45, 2.75) is 13.8 Å². The number of aryl methyl sites for hydroxylation is 2. The van der Waals surface area contributed by atoms with Gasteiger partial charge in [0, 0.05) is 11.1 Å². The van der Waals surface area contributed by atoms with Crippen LogP contribution in [0.4, 0.5) is 5.69 Å². The number of amides is 2. The van der Waals surface area contributed by atoms with Gasteiger partial charge < -0.3 is 10.1 Å². The third-order valence-corrected chi connectivity index (χ3v) is 5.48. The van der Waals surface area contributed by atoms with Crippen molar-refractivity contribution in [2.24, 2.45) is 5.10 Å². The molecule has 0 aliphatic carbocycles. The molecule has 0 aromatic heterocycles. The van der Waals surface area contributed by atoms with Crippen LogP contribution in [-0.2, 0) is 0 Å². The van der Waals surface area contributed by atoms with Gasteiger partial charge in [-0.05, 0) is 62.4 Å². The molecule has 7 heteroatoms. The summed E-state index contributed by atoms with van der Waals surface area (Å²) in [6, 6.07) is 27.8. The van der Waals surface area contributed by atoms with Crippen molar-refractivity contribution in [1.29, 1.82) is 0 Å². The van der Waals surface area contributed by atoms with E-state index in [1.165, 1.54) is 6.21 Å². The molecule has 0 atom stereocenters. The van der Waals surface area contributed by atoms with E-state index in [9.17, 15) is 14.4 Å². The Morgan fingerprint density at radius 1 is 0.730 bits per heavy atom. The average Bonchev–Trinajstić information content (AvgIpc) is 2.90. The number of carbonyl (C=O) groups excluding carboxylic acids is 3. The lowest BCUT2D eigenvalue weighted by molar-refractivity contribution is 0.0734. The fourth-order valence-corrected chi connectivity index (χ4v) is 3.52. The smallest absolute Gasteiger partial charge is 0.343 e. The second-order valence-electron chi connectivity index (χ2n) is 8.36. The second kappa shape index (κ2) is 11.6. The summed E-state index contributed by atoms with van der Waals surface area (Å²) in [5.41, 5.74) is 6.49. The van der Waals surface area contributed by atoms with Gasteiger partial charge in [-0.1, -0.05) is 59.7 Å². The summed E-state index contributed by atoms with van der Waals surface area (Å²) in [5, 5.41) is 6.82. The van der Waals surface area contributed by atoms with Gasteiger partial charge in [0.2, 0.25) is 0 Å². The molecule has 0 radical (unpaired) electrons. The molecule has 0 aliphatic rings. The van der Waals surface area contributed by atoms with Gasteiger partial charge in [-0.15, -0.1) is 0 Å². The number of hydrazone groups is 1. The SMILES string of the molecule is Cc1ccc(C(=O)Oc2ccccc2/C=N\NC(=O)c2ccccc2NC(=O)c2cccc(C)c2)cc1. The Morgan fingerprint density at radius 3 is 2.24 bits per heavy atom. The molecule has 0 bridgehead atoms. The molecular formula is C30H25N3O4. The maximum absolute atomic E-state index is 12.8. The molecule has 4 rings (SSSR count). The fourth-order valence-electron chi connectivity index (χ4n) is 3.52. The highest BCUT2D eigenvalue weighted by Gasteiger charge is 2.14. The molecule has 0 saturated heterocycles. The van der Waals surface area contributed by atoms with Gasteiger partial charge in [-0.2, -0.15) is 5.10 Å². The quantitative estimate of drug-likeness (QED) is 0.154. The highest BCUT2D eigenvalue weighted by atomic mass is 16.5. The van der Waals surface area contributed by atoms with Gasteiger partial charge in [-0.25, -0.2) is 10.2 Å². The summed E-state index contributed by atoms with van der Waals surface area (Å²) in [6.07, 6.45) is 1.39. The van der Waals surface area contributed by atoms with E-state index < -0.39 is 11.9 Å². The number of rotatable bonds is 7. The van der Waals surface area contributed by atoms with Gasteiger partial charge in [0.05, 0.1) is 23.0 Å². The average molecular weight is 492 g/mol. The molecule has 7 nitrogen and oxygen atoms in total. The maximum atomic E-state index is 12.8. The molecule has 0 fully saturated rings. The minimum atomic E-state index is -0.509. The van der Waals surface area contributed by atoms with Crippen LogP contribution < -0.4 is 15.5 Å². The maximum Gasteiger partial charge on any atom is 0.343 e. The first-order chi connectivity index (χ1) is 17.9. The van der Waals surface area contributed by atoms with Crippen molar-refractivity contribution in [3.8, 4) is 5.75 Å². The zero-order chi connectivity index (χ0) is 26.2. The molecule has 0 saturated carbocycles. The minimum Gasteiger partial charge on any atom is -0.422 e. The van der Waals surface area contributed by atoms with E-state index in [0.29, 0.717) is 28.1 Å². The summed E-state index contributed by atoms with van der Waals surface area (Å²) in [6.45, 7) is 3.84. The Kier molecular flexibility index (Phi) is 7.85. The zero-order valence-electron chi connectivity index (χ0n) is 20.4. The summed E-state index contributed by atoms with van der Waals surface area (Å²) in [7, 11) is 0. The Morgan fingerprint density at radius 2 is 1.46 bits per heavy atom. The number of esters is 1. The molecule has 0 unspecified atom stereocenters. The number of anilines is 1. The molecule has 0 spiro atoms. The summed E-state index contributed by atoms with van der Waals surface area (Å²) >= 11 is 0. The van der Waals surface area contributed by atoms with E-state index in [1.807, 2.05) is 32.0 Å². The van der Waals surface area contributed by atoms with Crippen LogP contribution in [0.5, 0.6) is 5.75 Å². The molecular weight excluding hydrogens is 466 g/mol. The van der Waals surface area contributed by atoms with Crippen LogP contribution in [0.2, 0.25) is 0 Å². The van der Waals surface area contributed by atoms with E-state index in [0.717, 1.165) is 11.1 Å². The number of nitrogens with one attached hydrogen (secondary N) is 2. The molecule has 184 valence electrons. The van der Waals surface area contributed by atoms with Gasteiger partial charge in [0.25, 0.3) is 11.8 Å². The highest BCUT2D eigenvalue weighted by molar-refractivity contribution is 6.09. The number of hydrogen-bond acceptors (Lipinski definition) is 5. The van der Waals surface area contributed by atoms with Gasteiger partial charge in [0.15, 0.2) is 0 Å². The van der Waals surface area contributed by atoms with Crippen LogP contribution in [-0.4, -0.2) is 24.0 Å². The van der Waals surface area contributed by atoms with Crippen molar-refractivity contribution in [3.63, 3.8) is 0 Å². The van der Waals surface area contributed by atoms with Crippen LogP contribution in [0.3, 0.4) is 0 Å². The normalized spacial score (nSPS) is 10.6. The van der Waals surface area contributed by atoms with Crippen LogP contribution in [0.25, 0.3) is 0 Å². The monoisotopic (exact) mass is 491 g/mol. The summed E-state index contributed by atoms with van der Waals surface area (Å²) in [5.74, 6) is -1.03. The number of hydrogen-bond donors (Lipinski definition) is 2. The Bertz CT molecular complexity index is 1480.